The Labute approximate surface area is 194 Å². The number of hydrogen-bond donors (Lipinski definition) is 2. The third-order valence-corrected chi connectivity index (χ3v) is 7.54. The number of hydrogen-bond acceptors (Lipinski definition) is 4. The third kappa shape index (κ3) is 4.78. The summed E-state index contributed by atoms with van der Waals surface area (Å²) in [4.78, 5) is 17.0. The number of benzene rings is 1. The Hall–Kier alpha value is -2.82. The van der Waals surface area contributed by atoms with E-state index >= 15 is 0 Å². The van der Waals surface area contributed by atoms with Gasteiger partial charge in [0.25, 0.3) is 5.91 Å². The molecular weight excluding hydrogens is 474 g/mol. The molecule has 1 amide bonds. The second-order valence-corrected chi connectivity index (χ2v) is 10.4. The van der Waals surface area contributed by atoms with Crippen molar-refractivity contribution in [1.82, 2.24) is 14.3 Å². The van der Waals surface area contributed by atoms with Gasteiger partial charge in [-0.2, -0.15) is 0 Å². The van der Waals surface area contributed by atoms with Crippen LogP contribution in [-0.2, 0) is 29.9 Å². The van der Waals surface area contributed by atoms with Gasteiger partial charge in [-0.15, -0.1) is 0 Å². The molecule has 11 heteroatoms. The number of fused-ring (bicyclic) bond motifs is 1. The Morgan fingerprint density at radius 1 is 1.27 bits per heavy atom. The predicted molar refractivity (Wildman–Crippen MR) is 120 cm³/mol. The Balaban J connectivity index is 1.64. The van der Waals surface area contributed by atoms with Gasteiger partial charge in [-0.25, -0.2) is 26.9 Å². The van der Waals surface area contributed by atoms with Crippen LogP contribution in [0, 0.1) is 11.6 Å². The van der Waals surface area contributed by atoms with E-state index in [0.717, 1.165) is 17.7 Å². The molecule has 0 aliphatic carbocycles. The molecule has 1 unspecified atom stereocenters. The van der Waals surface area contributed by atoms with E-state index in [0.29, 0.717) is 30.0 Å². The van der Waals surface area contributed by atoms with Crippen LogP contribution in [0.15, 0.2) is 47.6 Å². The number of amides is 1. The minimum Gasteiger partial charge on any atom is -0.345 e. The molecule has 0 radical (unpaired) electrons. The van der Waals surface area contributed by atoms with Gasteiger partial charge in [-0.1, -0.05) is 17.7 Å². The maximum atomic E-state index is 13.5. The van der Waals surface area contributed by atoms with Gasteiger partial charge in [0.2, 0.25) is 10.0 Å². The van der Waals surface area contributed by atoms with E-state index in [1.807, 2.05) is 0 Å². The van der Waals surface area contributed by atoms with E-state index in [1.165, 1.54) is 16.8 Å². The maximum Gasteiger partial charge on any atom is 0.272 e. The molecule has 174 valence electrons. The molecule has 0 spiro atoms. The Morgan fingerprint density at radius 3 is 2.70 bits per heavy atom. The molecule has 7 nitrogen and oxygen atoms in total. The van der Waals surface area contributed by atoms with Crippen LogP contribution in [0.5, 0.6) is 0 Å². The smallest absolute Gasteiger partial charge is 0.272 e. The number of aryl methyl sites for hydroxylation is 1. The van der Waals surface area contributed by atoms with E-state index in [9.17, 15) is 22.0 Å². The summed E-state index contributed by atoms with van der Waals surface area (Å²) in [6.45, 7) is 1.80. The predicted octanol–water partition coefficient (Wildman–Crippen LogP) is 3.83. The van der Waals surface area contributed by atoms with Crippen molar-refractivity contribution in [3.8, 4) is 0 Å². The monoisotopic (exact) mass is 494 g/mol. The number of nitrogens with zero attached hydrogens (tertiary/aromatic N) is 2. The molecule has 1 aromatic carbocycles. The number of aromatic nitrogens is 2. The first-order chi connectivity index (χ1) is 15.5. The van der Waals surface area contributed by atoms with Gasteiger partial charge < -0.3 is 9.88 Å². The van der Waals surface area contributed by atoms with Crippen molar-refractivity contribution < 1.29 is 22.0 Å². The lowest BCUT2D eigenvalue weighted by molar-refractivity contribution is 0.101. The maximum absolute atomic E-state index is 13.5. The lowest BCUT2D eigenvalue weighted by Crippen LogP contribution is -2.46. The van der Waals surface area contributed by atoms with Crippen LogP contribution in [0.25, 0.3) is 0 Å². The van der Waals surface area contributed by atoms with Crippen molar-refractivity contribution >= 4 is 33.2 Å². The molecule has 2 N–H and O–H groups in total. The second kappa shape index (κ2) is 8.51. The van der Waals surface area contributed by atoms with Crippen molar-refractivity contribution in [2.45, 2.75) is 36.6 Å². The number of pyridine rings is 1. The number of halogens is 3. The van der Waals surface area contributed by atoms with Crippen LogP contribution >= 0.6 is 11.6 Å². The van der Waals surface area contributed by atoms with Crippen LogP contribution in [-0.4, -0.2) is 29.4 Å². The van der Waals surface area contributed by atoms with Crippen molar-refractivity contribution in [2.24, 2.45) is 7.05 Å². The molecule has 0 fully saturated rings. The van der Waals surface area contributed by atoms with Gasteiger partial charge in [0.15, 0.2) is 11.6 Å². The van der Waals surface area contributed by atoms with Crippen LogP contribution in [0.3, 0.4) is 0 Å². The molecular formula is C22H21ClF2N4O3S. The summed E-state index contributed by atoms with van der Waals surface area (Å²) in [5, 5.41) is 2.86. The summed E-state index contributed by atoms with van der Waals surface area (Å²) in [7, 11) is -2.38. The van der Waals surface area contributed by atoms with Crippen molar-refractivity contribution in [1.29, 1.82) is 0 Å². The largest absolute Gasteiger partial charge is 0.345 e. The van der Waals surface area contributed by atoms with E-state index < -0.39 is 33.1 Å². The molecule has 1 atom stereocenters. The van der Waals surface area contributed by atoms with Gasteiger partial charge in [0.05, 0.1) is 0 Å². The second-order valence-electron chi connectivity index (χ2n) is 8.35. The minimum atomic E-state index is -3.94. The van der Waals surface area contributed by atoms with Crippen molar-refractivity contribution in [3.63, 3.8) is 0 Å². The minimum absolute atomic E-state index is 0.0124. The lowest BCUT2D eigenvalue weighted by atomic mass is 9.88. The number of sulfonamides is 1. The average molecular weight is 495 g/mol. The van der Waals surface area contributed by atoms with Gasteiger partial charge in [-0.05, 0) is 49.9 Å². The highest BCUT2D eigenvalue weighted by molar-refractivity contribution is 7.89. The van der Waals surface area contributed by atoms with Gasteiger partial charge in [0, 0.05) is 42.3 Å². The van der Waals surface area contributed by atoms with Gasteiger partial charge in [-0.3, -0.25) is 4.79 Å². The van der Waals surface area contributed by atoms with Crippen molar-refractivity contribution in [2.75, 3.05) is 5.32 Å². The third-order valence-electron chi connectivity index (χ3n) is 5.62. The number of nitrogens with one attached hydrogen (secondary N) is 2. The highest BCUT2D eigenvalue weighted by Crippen LogP contribution is 2.32. The highest BCUT2D eigenvalue weighted by atomic mass is 35.5. The summed E-state index contributed by atoms with van der Waals surface area (Å²) >= 11 is 5.84. The fourth-order valence-corrected chi connectivity index (χ4v) is 5.96. The summed E-state index contributed by atoms with van der Waals surface area (Å²) < 4.78 is 57.3. The van der Waals surface area contributed by atoms with Crippen LogP contribution in [0.1, 0.15) is 35.0 Å². The average Bonchev–Trinajstić information content (AvgIpc) is 3.03. The molecule has 1 aliphatic heterocycles. The molecule has 1 aliphatic rings. The van der Waals surface area contributed by atoms with E-state index in [4.69, 9.17) is 11.6 Å². The highest BCUT2D eigenvalue weighted by Gasteiger charge is 2.38. The van der Waals surface area contributed by atoms with Crippen LogP contribution < -0.4 is 10.0 Å². The SMILES string of the molecule is Cn1cc2c(c1C(=O)Nc1ccc(F)c(F)c1)CCC(C)(Cc1ccc(Cl)nc1)NS2(=O)=O. The Bertz CT molecular complexity index is 1340. The first kappa shape index (κ1) is 23.3. The number of carbonyl (C=O) groups excluding carboxylic acids is 1. The molecule has 0 saturated heterocycles. The lowest BCUT2D eigenvalue weighted by Gasteiger charge is -2.28. The first-order valence-electron chi connectivity index (χ1n) is 10.1. The quantitative estimate of drug-likeness (QED) is 0.539. The standard InChI is InChI=1S/C22H21ClF2N4O3S/c1-22(10-13-3-6-19(23)26-11-13)8-7-15-18(33(31,32)28-22)12-29(2)20(15)21(30)27-14-4-5-16(24)17(25)9-14/h3-6,9,11-12,28H,7-8,10H2,1-2H3,(H,27,30). The van der Waals surface area contributed by atoms with E-state index in [2.05, 4.69) is 15.0 Å². The molecule has 3 heterocycles. The Kier molecular flexibility index (Phi) is 6.02. The molecule has 0 saturated carbocycles. The molecule has 33 heavy (non-hydrogen) atoms. The fraction of sp³-hybridized carbons (Fsp3) is 0.273. The molecule has 3 aromatic rings. The Morgan fingerprint density at radius 2 is 2.03 bits per heavy atom. The fourth-order valence-electron chi connectivity index (χ4n) is 4.10. The molecule has 4 rings (SSSR count). The van der Waals surface area contributed by atoms with Crippen LogP contribution in [0.2, 0.25) is 5.15 Å². The zero-order chi connectivity index (χ0) is 24.0. The zero-order valence-corrected chi connectivity index (χ0v) is 19.4. The first-order valence-corrected chi connectivity index (χ1v) is 11.9. The zero-order valence-electron chi connectivity index (χ0n) is 17.8. The van der Waals surface area contributed by atoms with Gasteiger partial charge >= 0.3 is 0 Å². The molecule has 2 aromatic heterocycles. The van der Waals surface area contributed by atoms with Crippen molar-refractivity contribution in [3.05, 3.63) is 76.3 Å². The summed E-state index contributed by atoms with van der Waals surface area (Å²) in [5.41, 5.74) is 0.546. The summed E-state index contributed by atoms with van der Waals surface area (Å²) in [6, 6.07) is 6.42. The summed E-state index contributed by atoms with van der Waals surface area (Å²) in [5.74, 6) is -2.75. The summed E-state index contributed by atoms with van der Waals surface area (Å²) in [6.07, 6.45) is 4.08. The normalized spacial score (nSPS) is 19.5. The number of rotatable bonds is 4. The van der Waals surface area contributed by atoms with E-state index in [-0.39, 0.29) is 16.3 Å². The number of carbonyl (C=O) groups is 1. The van der Waals surface area contributed by atoms with E-state index in [1.54, 1.807) is 32.3 Å². The topological polar surface area (TPSA) is 93.1 Å². The van der Waals surface area contributed by atoms with Crippen LogP contribution in [0.4, 0.5) is 14.5 Å². The molecule has 0 bridgehead atoms. The number of anilines is 1. The van der Waals surface area contributed by atoms with Gasteiger partial charge in [0.1, 0.15) is 15.7 Å².